The van der Waals surface area contributed by atoms with Crippen LogP contribution in [0.2, 0.25) is 0 Å². The second-order valence-corrected chi connectivity index (χ2v) is 5.55. The zero-order valence-corrected chi connectivity index (χ0v) is 13.8. The lowest BCUT2D eigenvalue weighted by molar-refractivity contribution is -0.141. The molecule has 1 unspecified atom stereocenters. The van der Waals surface area contributed by atoms with Crippen molar-refractivity contribution in [2.24, 2.45) is 0 Å². The fraction of sp³-hybridized carbons (Fsp3) is 0.222. The van der Waals surface area contributed by atoms with E-state index in [0.29, 0.717) is 0 Å². The first-order valence-corrected chi connectivity index (χ1v) is 7.86. The van der Waals surface area contributed by atoms with Gasteiger partial charge in [0, 0.05) is 0 Å². The molecule has 0 radical (unpaired) electrons. The number of para-hydroxylation sites is 1. The molecule has 0 aliphatic rings. The predicted octanol–water partition coefficient (Wildman–Crippen LogP) is 1.85. The Labute approximate surface area is 144 Å². The molecule has 128 valence electrons. The highest BCUT2D eigenvalue weighted by Gasteiger charge is 2.19. The van der Waals surface area contributed by atoms with E-state index in [0.717, 1.165) is 16.6 Å². The highest BCUT2D eigenvalue weighted by molar-refractivity contribution is 5.80. The summed E-state index contributed by atoms with van der Waals surface area (Å²) in [4.78, 5) is 24.1. The molecular weight excluding hydrogens is 320 g/mol. The Kier molecular flexibility index (Phi) is 5.03. The predicted molar refractivity (Wildman–Crippen MR) is 91.5 cm³/mol. The van der Waals surface area contributed by atoms with Crippen LogP contribution in [0.15, 0.2) is 54.6 Å². The highest BCUT2D eigenvalue weighted by Crippen LogP contribution is 2.17. The highest BCUT2D eigenvalue weighted by atomic mass is 16.5. The summed E-state index contributed by atoms with van der Waals surface area (Å²) in [6, 6.07) is 16.3. The quantitative estimate of drug-likeness (QED) is 0.693. The minimum absolute atomic E-state index is 0.0189. The number of esters is 1. The standard InChI is InChI=1S/C18H18N4O3/c1-25-18(24)11-15(13-7-3-2-4-8-13)19-17(23)12-22-16-10-6-5-9-14(16)20-21-22/h2-10,15H,11-12H2,1H3,(H,19,23). The minimum Gasteiger partial charge on any atom is -0.469 e. The lowest BCUT2D eigenvalue weighted by Gasteiger charge is -2.18. The van der Waals surface area contributed by atoms with Crippen molar-refractivity contribution >= 4 is 22.9 Å². The summed E-state index contributed by atoms with van der Waals surface area (Å²) in [6.07, 6.45) is 0.0599. The maximum Gasteiger partial charge on any atom is 0.307 e. The molecule has 3 aromatic rings. The van der Waals surface area contributed by atoms with E-state index < -0.39 is 6.04 Å². The van der Waals surface area contributed by atoms with Gasteiger partial charge in [0.25, 0.3) is 0 Å². The number of carbonyl (C=O) groups excluding carboxylic acids is 2. The van der Waals surface area contributed by atoms with Gasteiger partial charge in [-0.25, -0.2) is 4.68 Å². The molecule has 0 fully saturated rings. The van der Waals surface area contributed by atoms with Gasteiger partial charge in [0.05, 0.1) is 25.1 Å². The Balaban J connectivity index is 1.74. The smallest absolute Gasteiger partial charge is 0.307 e. The minimum atomic E-state index is -0.462. The van der Waals surface area contributed by atoms with Crippen molar-refractivity contribution in [3.05, 3.63) is 60.2 Å². The number of ether oxygens (including phenoxy) is 1. The molecule has 0 saturated heterocycles. The first-order valence-electron chi connectivity index (χ1n) is 7.86. The number of carbonyl (C=O) groups is 2. The van der Waals surface area contributed by atoms with Gasteiger partial charge in [0.2, 0.25) is 5.91 Å². The van der Waals surface area contributed by atoms with Gasteiger partial charge in [0.1, 0.15) is 12.1 Å². The van der Waals surface area contributed by atoms with Crippen LogP contribution >= 0.6 is 0 Å². The summed E-state index contributed by atoms with van der Waals surface area (Å²) in [6.45, 7) is 0.0189. The molecule has 0 spiro atoms. The lowest BCUT2D eigenvalue weighted by Crippen LogP contribution is -2.33. The number of hydrogen-bond donors (Lipinski definition) is 1. The molecule has 25 heavy (non-hydrogen) atoms. The van der Waals surface area contributed by atoms with E-state index in [4.69, 9.17) is 4.74 Å². The van der Waals surface area contributed by atoms with E-state index in [-0.39, 0.29) is 24.8 Å². The van der Waals surface area contributed by atoms with Crippen LogP contribution in [0.4, 0.5) is 0 Å². The van der Waals surface area contributed by atoms with Gasteiger partial charge in [-0.05, 0) is 17.7 Å². The van der Waals surface area contributed by atoms with E-state index in [1.165, 1.54) is 11.8 Å². The fourth-order valence-electron chi connectivity index (χ4n) is 2.60. The molecule has 1 heterocycles. The van der Waals surface area contributed by atoms with E-state index in [1.54, 1.807) is 0 Å². The molecule has 7 nitrogen and oxygen atoms in total. The van der Waals surface area contributed by atoms with Crippen LogP contribution in [0.1, 0.15) is 18.0 Å². The molecule has 0 aliphatic carbocycles. The van der Waals surface area contributed by atoms with E-state index in [9.17, 15) is 9.59 Å². The zero-order valence-electron chi connectivity index (χ0n) is 13.8. The summed E-state index contributed by atoms with van der Waals surface area (Å²) >= 11 is 0. The molecule has 0 bridgehead atoms. The third-order valence-corrected chi connectivity index (χ3v) is 3.85. The second kappa shape index (κ2) is 7.57. The third-order valence-electron chi connectivity index (χ3n) is 3.85. The van der Waals surface area contributed by atoms with Crippen LogP contribution in [0, 0.1) is 0 Å². The monoisotopic (exact) mass is 338 g/mol. The van der Waals surface area contributed by atoms with Crippen LogP contribution in [0.3, 0.4) is 0 Å². The fourth-order valence-corrected chi connectivity index (χ4v) is 2.60. The molecule has 2 aromatic carbocycles. The van der Waals surface area contributed by atoms with Crippen LogP contribution in [0.25, 0.3) is 11.0 Å². The van der Waals surface area contributed by atoms with Crippen LogP contribution in [-0.4, -0.2) is 34.0 Å². The summed E-state index contributed by atoms with van der Waals surface area (Å²) < 4.78 is 6.26. The Morgan fingerprint density at radius 2 is 1.84 bits per heavy atom. The van der Waals surface area contributed by atoms with Crippen molar-refractivity contribution < 1.29 is 14.3 Å². The normalized spacial score (nSPS) is 11.9. The molecule has 0 aliphatic heterocycles. The Morgan fingerprint density at radius 3 is 2.60 bits per heavy atom. The molecule has 1 aromatic heterocycles. The summed E-state index contributed by atoms with van der Waals surface area (Å²) in [7, 11) is 1.33. The van der Waals surface area contributed by atoms with E-state index in [2.05, 4.69) is 15.6 Å². The van der Waals surface area contributed by atoms with E-state index in [1.807, 2.05) is 54.6 Å². The van der Waals surface area contributed by atoms with Crippen molar-refractivity contribution in [3.63, 3.8) is 0 Å². The molecule has 7 heteroatoms. The van der Waals surface area contributed by atoms with Crippen LogP contribution in [0.5, 0.6) is 0 Å². The maximum atomic E-state index is 12.5. The number of amides is 1. The van der Waals surface area contributed by atoms with Gasteiger partial charge in [-0.15, -0.1) is 5.10 Å². The first kappa shape index (κ1) is 16.6. The van der Waals surface area contributed by atoms with Gasteiger partial charge < -0.3 is 10.1 Å². The first-order chi connectivity index (χ1) is 12.2. The topological polar surface area (TPSA) is 86.1 Å². The summed E-state index contributed by atoms with van der Waals surface area (Å²) in [5.74, 6) is -0.645. The van der Waals surface area contributed by atoms with E-state index >= 15 is 0 Å². The number of rotatable bonds is 6. The number of nitrogens with zero attached hydrogens (tertiary/aromatic N) is 3. The summed E-state index contributed by atoms with van der Waals surface area (Å²) in [5.41, 5.74) is 2.34. The van der Waals surface area contributed by atoms with Crippen LogP contribution in [-0.2, 0) is 20.9 Å². The van der Waals surface area contributed by atoms with Gasteiger partial charge in [-0.3, -0.25) is 9.59 Å². The van der Waals surface area contributed by atoms with Gasteiger partial charge in [0.15, 0.2) is 0 Å². The maximum absolute atomic E-state index is 12.5. The summed E-state index contributed by atoms with van der Waals surface area (Å²) in [5, 5.41) is 10.9. The van der Waals surface area contributed by atoms with Crippen molar-refractivity contribution in [1.82, 2.24) is 20.3 Å². The molecule has 0 saturated carbocycles. The largest absolute Gasteiger partial charge is 0.469 e. The van der Waals surface area contributed by atoms with Crippen LogP contribution < -0.4 is 5.32 Å². The molecule has 1 atom stereocenters. The van der Waals surface area contributed by atoms with Crippen molar-refractivity contribution in [2.75, 3.05) is 7.11 Å². The zero-order chi connectivity index (χ0) is 17.6. The average molecular weight is 338 g/mol. The van der Waals surface area contributed by atoms with Gasteiger partial charge >= 0.3 is 5.97 Å². The number of fused-ring (bicyclic) bond motifs is 1. The second-order valence-electron chi connectivity index (χ2n) is 5.55. The van der Waals surface area contributed by atoms with Gasteiger partial charge in [-0.1, -0.05) is 47.7 Å². The van der Waals surface area contributed by atoms with Crippen molar-refractivity contribution in [2.45, 2.75) is 19.0 Å². The average Bonchev–Trinajstić information content (AvgIpc) is 3.04. The van der Waals surface area contributed by atoms with Crippen molar-refractivity contribution in [1.29, 1.82) is 0 Å². The Hall–Kier alpha value is -3.22. The molecule has 1 N–H and O–H groups in total. The molecule has 1 amide bonds. The Bertz CT molecular complexity index is 876. The molecular formula is C18H18N4O3. The molecule has 3 rings (SSSR count). The van der Waals surface area contributed by atoms with Gasteiger partial charge in [-0.2, -0.15) is 0 Å². The number of hydrogen-bond acceptors (Lipinski definition) is 5. The number of nitrogens with one attached hydrogen (secondary N) is 1. The lowest BCUT2D eigenvalue weighted by atomic mass is 10.0. The SMILES string of the molecule is COC(=O)CC(NC(=O)Cn1nnc2ccccc21)c1ccccc1. The third kappa shape index (κ3) is 4.00. The number of methoxy groups -OCH3 is 1. The van der Waals surface area contributed by atoms with Crippen molar-refractivity contribution in [3.8, 4) is 0 Å². The number of aromatic nitrogens is 3. The number of benzene rings is 2. The Morgan fingerprint density at radius 1 is 1.12 bits per heavy atom.